The molecule has 0 saturated heterocycles. The second kappa shape index (κ2) is 8.31. The zero-order chi connectivity index (χ0) is 18.4. The van der Waals surface area contributed by atoms with E-state index >= 15 is 0 Å². The van der Waals surface area contributed by atoms with Gasteiger partial charge in [-0.1, -0.05) is 115 Å². The van der Waals surface area contributed by atoms with Gasteiger partial charge in [-0.05, 0) is 41.7 Å². The summed E-state index contributed by atoms with van der Waals surface area (Å²) in [7, 11) is 0. The summed E-state index contributed by atoms with van der Waals surface area (Å²) in [4.78, 5) is 0. The van der Waals surface area contributed by atoms with Crippen LogP contribution in [0.15, 0.2) is 91.5 Å². The molecule has 26 heavy (non-hydrogen) atoms. The molecule has 0 aliphatic rings. The number of allylic oxidation sites excluding steroid dienone is 2. The van der Waals surface area contributed by atoms with Crippen molar-refractivity contribution in [1.29, 1.82) is 0 Å². The maximum atomic E-state index is 3.80. The van der Waals surface area contributed by atoms with Crippen LogP contribution < -0.4 is 0 Å². The van der Waals surface area contributed by atoms with Crippen molar-refractivity contribution in [2.75, 3.05) is 0 Å². The van der Waals surface area contributed by atoms with Crippen molar-refractivity contribution in [3.05, 3.63) is 125 Å². The third-order valence-electron chi connectivity index (χ3n) is 4.45. The molecule has 0 N–H and O–H groups in total. The van der Waals surface area contributed by atoms with E-state index in [-0.39, 0.29) is 0 Å². The number of hydrogen-bond acceptors (Lipinski definition) is 0. The summed E-state index contributed by atoms with van der Waals surface area (Å²) < 4.78 is 0. The largest absolute Gasteiger partial charge is 0.0985 e. The minimum absolute atomic E-state index is 1.14. The highest BCUT2D eigenvalue weighted by molar-refractivity contribution is 5.81. The lowest BCUT2D eigenvalue weighted by Crippen LogP contribution is -1.88. The zero-order valence-electron chi connectivity index (χ0n) is 15.4. The highest BCUT2D eigenvalue weighted by Gasteiger charge is 2.04. The Morgan fingerprint density at radius 1 is 0.654 bits per heavy atom. The summed E-state index contributed by atoms with van der Waals surface area (Å²) in [5.41, 5.74) is 8.54. The third kappa shape index (κ3) is 4.49. The number of benzene rings is 3. The van der Waals surface area contributed by atoms with Gasteiger partial charge in [0.15, 0.2) is 0 Å². The molecule has 0 spiro atoms. The fourth-order valence-electron chi connectivity index (χ4n) is 2.82. The highest BCUT2D eigenvalue weighted by Crippen LogP contribution is 2.24. The molecule has 0 fully saturated rings. The molecule has 0 aliphatic heterocycles. The van der Waals surface area contributed by atoms with Crippen molar-refractivity contribution in [2.24, 2.45) is 0 Å². The van der Waals surface area contributed by atoms with E-state index < -0.39 is 0 Å². The van der Waals surface area contributed by atoms with E-state index in [9.17, 15) is 0 Å². The molecule has 0 aliphatic carbocycles. The normalized spacial score (nSPS) is 10.7. The smallest absolute Gasteiger partial charge is 0.0111 e. The van der Waals surface area contributed by atoms with Gasteiger partial charge in [0, 0.05) is 0 Å². The van der Waals surface area contributed by atoms with Crippen molar-refractivity contribution in [2.45, 2.75) is 13.8 Å². The molecule has 3 rings (SSSR count). The predicted octanol–water partition coefficient (Wildman–Crippen LogP) is 7.09. The molecule has 128 valence electrons. The van der Waals surface area contributed by atoms with Crippen LogP contribution in [0.1, 0.15) is 33.4 Å². The summed E-state index contributed by atoms with van der Waals surface area (Å²) >= 11 is 0. The first kappa shape index (κ1) is 17.7. The van der Waals surface area contributed by atoms with Crippen molar-refractivity contribution < 1.29 is 0 Å². The van der Waals surface area contributed by atoms with Crippen LogP contribution in [0.25, 0.3) is 17.7 Å². The Morgan fingerprint density at radius 2 is 1.12 bits per heavy atom. The Balaban J connectivity index is 1.94. The third-order valence-corrected chi connectivity index (χ3v) is 4.45. The van der Waals surface area contributed by atoms with E-state index in [0.717, 1.165) is 5.56 Å². The molecule has 0 saturated carbocycles. The average molecular weight is 336 g/mol. The topological polar surface area (TPSA) is 0 Å². The molecule has 0 amide bonds. The number of aryl methyl sites for hydroxylation is 2. The van der Waals surface area contributed by atoms with Gasteiger partial charge in [0.1, 0.15) is 0 Å². The van der Waals surface area contributed by atoms with Crippen molar-refractivity contribution in [3.8, 4) is 0 Å². The molecule has 0 aromatic heterocycles. The van der Waals surface area contributed by atoms with Gasteiger partial charge in [-0.2, -0.15) is 0 Å². The Labute approximate surface area is 156 Å². The first-order valence-corrected chi connectivity index (χ1v) is 8.91. The molecule has 0 heteroatoms. The molecule has 0 atom stereocenters. The molecule has 0 nitrogen and oxygen atoms in total. The van der Waals surface area contributed by atoms with E-state index in [0.29, 0.717) is 0 Å². The number of rotatable bonds is 5. The van der Waals surface area contributed by atoms with Crippen LogP contribution in [0.5, 0.6) is 0 Å². The van der Waals surface area contributed by atoms with Crippen LogP contribution in [0.3, 0.4) is 0 Å². The lowest BCUT2D eigenvalue weighted by Gasteiger charge is -2.09. The summed E-state index contributed by atoms with van der Waals surface area (Å²) in [5.74, 6) is 0. The quantitative estimate of drug-likeness (QED) is 0.436. The van der Waals surface area contributed by atoms with E-state index in [4.69, 9.17) is 0 Å². The zero-order valence-corrected chi connectivity index (χ0v) is 15.4. The van der Waals surface area contributed by atoms with Gasteiger partial charge in [0.05, 0.1) is 0 Å². The summed E-state index contributed by atoms with van der Waals surface area (Å²) in [6.45, 7) is 8.03. The van der Waals surface area contributed by atoms with Crippen LogP contribution in [0.4, 0.5) is 0 Å². The highest BCUT2D eigenvalue weighted by atomic mass is 14.1. The molecule has 0 bridgehead atoms. The lowest BCUT2D eigenvalue weighted by atomic mass is 9.96. The Hall–Kier alpha value is -3.12. The first-order chi connectivity index (χ1) is 12.7. The summed E-state index contributed by atoms with van der Waals surface area (Å²) in [6, 6.07) is 25.8. The van der Waals surface area contributed by atoms with Gasteiger partial charge in [-0.25, -0.2) is 0 Å². The average Bonchev–Trinajstić information content (AvgIpc) is 2.68. The standard InChI is InChI=1S/C26H24/c1-4-22-12-14-23(15-13-22)6-5-7-26(24-16-8-20(2)9-17-24)25-18-10-21(3)11-19-25/h4-19H,1H2,2-3H3/b6-5+. The molecular formula is C26H24. The monoisotopic (exact) mass is 336 g/mol. The molecule has 3 aromatic carbocycles. The van der Waals surface area contributed by atoms with Gasteiger partial charge in [0.25, 0.3) is 0 Å². The minimum Gasteiger partial charge on any atom is -0.0985 e. The molecule has 0 unspecified atom stereocenters. The lowest BCUT2D eigenvalue weighted by molar-refractivity contribution is 1.43. The fourth-order valence-corrected chi connectivity index (χ4v) is 2.82. The van der Waals surface area contributed by atoms with E-state index in [2.05, 4.69) is 111 Å². The minimum atomic E-state index is 1.14. The van der Waals surface area contributed by atoms with Crippen LogP contribution in [0.2, 0.25) is 0 Å². The molecular weight excluding hydrogens is 312 g/mol. The molecule has 0 heterocycles. The fraction of sp³-hybridized carbons (Fsp3) is 0.0769. The van der Waals surface area contributed by atoms with Gasteiger partial charge < -0.3 is 0 Å². The first-order valence-electron chi connectivity index (χ1n) is 8.91. The Morgan fingerprint density at radius 3 is 1.58 bits per heavy atom. The van der Waals surface area contributed by atoms with Crippen molar-refractivity contribution >= 4 is 17.7 Å². The van der Waals surface area contributed by atoms with Crippen molar-refractivity contribution in [1.82, 2.24) is 0 Å². The Bertz CT molecular complexity index is 871. The van der Waals surface area contributed by atoms with Crippen LogP contribution in [-0.4, -0.2) is 0 Å². The van der Waals surface area contributed by atoms with Gasteiger partial charge in [-0.15, -0.1) is 0 Å². The summed E-state index contributed by atoms with van der Waals surface area (Å²) in [6.07, 6.45) is 8.31. The van der Waals surface area contributed by atoms with Crippen molar-refractivity contribution in [3.63, 3.8) is 0 Å². The van der Waals surface area contributed by atoms with Crippen LogP contribution in [-0.2, 0) is 0 Å². The van der Waals surface area contributed by atoms with E-state index in [1.165, 1.54) is 33.4 Å². The maximum Gasteiger partial charge on any atom is -0.0111 e. The van der Waals surface area contributed by atoms with Gasteiger partial charge >= 0.3 is 0 Å². The maximum absolute atomic E-state index is 3.80. The van der Waals surface area contributed by atoms with Crippen LogP contribution >= 0.6 is 0 Å². The summed E-state index contributed by atoms with van der Waals surface area (Å²) in [5, 5.41) is 0. The number of hydrogen-bond donors (Lipinski definition) is 0. The van der Waals surface area contributed by atoms with Gasteiger partial charge in [-0.3, -0.25) is 0 Å². The predicted molar refractivity (Wildman–Crippen MR) is 115 cm³/mol. The second-order valence-electron chi connectivity index (χ2n) is 6.54. The van der Waals surface area contributed by atoms with Crippen LogP contribution in [0, 0.1) is 13.8 Å². The van der Waals surface area contributed by atoms with Gasteiger partial charge in [0.2, 0.25) is 0 Å². The van der Waals surface area contributed by atoms with E-state index in [1.807, 2.05) is 6.08 Å². The SMILES string of the molecule is C=Cc1ccc(/C=C/C=C(c2ccc(C)cc2)c2ccc(C)cc2)cc1. The molecule has 3 aromatic rings. The molecule has 0 radical (unpaired) electrons. The Kier molecular flexibility index (Phi) is 5.66. The van der Waals surface area contributed by atoms with E-state index in [1.54, 1.807) is 0 Å². The second-order valence-corrected chi connectivity index (χ2v) is 6.54.